The van der Waals surface area contributed by atoms with Gasteiger partial charge >= 0.3 is 0 Å². The van der Waals surface area contributed by atoms with Crippen LogP contribution in [0, 0.1) is 6.92 Å². The van der Waals surface area contributed by atoms with Crippen molar-refractivity contribution in [3.05, 3.63) is 47.5 Å². The summed E-state index contributed by atoms with van der Waals surface area (Å²) in [6, 6.07) is 11.1. The first-order chi connectivity index (χ1) is 10.6. The van der Waals surface area contributed by atoms with Gasteiger partial charge in [0, 0.05) is 19.2 Å². The van der Waals surface area contributed by atoms with Gasteiger partial charge in [-0.3, -0.25) is 4.79 Å². The van der Waals surface area contributed by atoms with E-state index in [-0.39, 0.29) is 5.91 Å². The lowest BCUT2D eigenvalue weighted by Crippen LogP contribution is -2.20. The molecule has 116 valence electrons. The average Bonchev–Trinajstić information content (AvgIpc) is 2.53. The number of nitrogens with one attached hydrogen (secondary N) is 1. The molecule has 5 nitrogen and oxygen atoms in total. The molecule has 0 spiro atoms. The number of hydrogen-bond donors (Lipinski definition) is 1. The molecule has 0 fully saturated rings. The fourth-order valence-corrected chi connectivity index (χ4v) is 2.08. The van der Waals surface area contributed by atoms with Crippen LogP contribution in [0.15, 0.2) is 36.4 Å². The van der Waals surface area contributed by atoms with E-state index in [2.05, 4.69) is 27.3 Å². The lowest BCUT2D eigenvalue weighted by atomic mass is 10.1. The molecule has 5 heteroatoms. The predicted molar refractivity (Wildman–Crippen MR) is 89.3 cm³/mol. The van der Waals surface area contributed by atoms with Crippen LogP contribution < -0.4 is 10.2 Å². The molecule has 1 aromatic carbocycles. The minimum absolute atomic E-state index is 0.176. The molecule has 1 N–H and O–H groups in total. The van der Waals surface area contributed by atoms with Crippen molar-refractivity contribution in [3.8, 4) is 0 Å². The number of aromatic nitrogens is 2. The number of carbonyl (C=O) groups is 1. The summed E-state index contributed by atoms with van der Waals surface area (Å²) >= 11 is 0. The monoisotopic (exact) mass is 298 g/mol. The second kappa shape index (κ2) is 7.54. The SMILES string of the molecule is CCCCN(C)c1ccc(NC(=O)c2cccc(C)c2)nn1. The highest BCUT2D eigenvalue weighted by atomic mass is 16.1. The fraction of sp³-hybridized carbons (Fsp3) is 0.353. The molecule has 2 aromatic rings. The highest BCUT2D eigenvalue weighted by Gasteiger charge is 2.08. The van der Waals surface area contributed by atoms with Gasteiger partial charge in [-0.05, 0) is 37.6 Å². The van der Waals surface area contributed by atoms with Gasteiger partial charge in [-0.1, -0.05) is 31.0 Å². The van der Waals surface area contributed by atoms with Crippen molar-refractivity contribution in [1.82, 2.24) is 10.2 Å². The Bertz CT molecular complexity index is 625. The van der Waals surface area contributed by atoms with Gasteiger partial charge in [-0.25, -0.2) is 0 Å². The van der Waals surface area contributed by atoms with Gasteiger partial charge in [0.2, 0.25) is 0 Å². The predicted octanol–water partition coefficient (Wildman–Crippen LogP) is 3.27. The number of hydrogen-bond acceptors (Lipinski definition) is 4. The standard InChI is InChI=1S/C17H22N4O/c1-4-5-11-21(3)16-10-9-15(19-20-16)18-17(22)14-8-6-7-13(2)12-14/h6-10,12H,4-5,11H2,1-3H3,(H,18,19,22). The summed E-state index contributed by atoms with van der Waals surface area (Å²) in [6.45, 7) is 5.06. The molecular formula is C17H22N4O. The number of benzene rings is 1. The van der Waals surface area contributed by atoms with E-state index in [0.29, 0.717) is 11.4 Å². The summed E-state index contributed by atoms with van der Waals surface area (Å²) in [6.07, 6.45) is 2.26. The van der Waals surface area contributed by atoms with E-state index in [9.17, 15) is 4.79 Å². The van der Waals surface area contributed by atoms with Gasteiger partial charge in [0.05, 0.1) is 0 Å². The maximum atomic E-state index is 12.1. The van der Waals surface area contributed by atoms with Crippen molar-refractivity contribution < 1.29 is 4.79 Å². The number of aryl methyl sites for hydroxylation is 1. The Hall–Kier alpha value is -2.43. The molecule has 1 amide bonds. The Kier molecular flexibility index (Phi) is 5.47. The van der Waals surface area contributed by atoms with Crippen LogP contribution in [0.3, 0.4) is 0 Å². The van der Waals surface area contributed by atoms with Crippen LogP contribution in [0.5, 0.6) is 0 Å². The highest BCUT2D eigenvalue weighted by Crippen LogP contribution is 2.12. The molecule has 0 aliphatic carbocycles. The van der Waals surface area contributed by atoms with Crippen molar-refractivity contribution in [2.45, 2.75) is 26.7 Å². The summed E-state index contributed by atoms with van der Waals surface area (Å²) in [5.74, 6) is 1.09. The lowest BCUT2D eigenvalue weighted by Gasteiger charge is -2.17. The van der Waals surface area contributed by atoms with Crippen LogP contribution in [0.25, 0.3) is 0 Å². The van der Waals surface area contributed by atoms with Crippen LogP contribution in [0.2, 0.25) is 0 Å². The molecule has 0 saturated carbocycles. The fourth-order valence-electron chi connectivity index (χ4n) is 2.08. The van der Waals surface area contributed by atoms with Crippen molar-refractivity contribution in [2.75, 3.05) is 23.8 Å². The molecule has 0 aliphatic rings. The van der Waals surface area contributed by atoms with E-state index in [4.69, 9.17) is 0 Å². The molecule has 2 rings (SSSR count). The summed E-state index contributed by atoms with van der Waals surface area (Å²) in [7, 11) is 1.99. The molecule has 0 bridgehead atoms. The molecule has 0 atom stereocenters. The van der Waals surface area contributed by atoms with Gasteiger partial charge in [-0.2, -0.15) is 0 Å². The zero-order chi connectivity index (χ0) is 15.9. The molecule has 0 saturated heterocycles. The van der Waals surface area contributed by atoms with E-state index < -0.39 is 0 Å². The van der Waals surface area contributed by atoms with E-state index in [1.165, 1.54) is 0 Å². The second-order valence-electron chi connectivity index (χ2n) is 5.38. The normalized spacial score (nSPS) is 10.3. The maximum Gasteiger partial charge on any atom is 0.256 e. The largest absolute Gasteiger partial charge is 0.358 e. The topological polar surface area (TPSA) is 58.1 Å². The number of unbranched alkanes of at least 4 members (excludes halogenated alkanes) is 1. The Morgan fingerprint density at radius 1 is 1.23 bits per heavy atom. The Labute approximate surface area is 131 Å². The van der Waals surface area contributed by atoms with Crippen LogP contribution in [-0.2, 0) is 0 Å². The second-order valence-corrected chi connectivity index (χ2v) is 5.38. The minimum atomic E-state index is -0.176. The third-order valence-corrected chi connectivity index (χ3v) is 3.41. The smallest absolute Gasteiger partial charge is 0.256 e. The van der Waals surface area contributed by atoms with Gasteiger partial charge in [0.15, 0.2) is 11.6 Å². The zero-order valence-electron chi connectivity index (χ0n) is 13.3. The van der Waals surface area contributed by atoms with Crippen molar-refractivity contribution in [2.24, 2.45) is 0 Å². The Morgan fingerprint density at radius 2 is 2.05 bits per heavy atom. The van der Waals surface area contributed by atoms with E-state index >= 15 is 0 Å². The molecule has 22 heavy (non-hydrogen) atoms. The quantitative estimate of drug-likeness (QED) is 0.889. The van der Waals surface area contributed by atoms with Gasteiger partial charge in [0.1, 0.15) is 0 Å². The average molecular weight is 298 g/mol. The molecule has 0 radical (unpaired) electrons. The van der Waals surface area contributed by atoms with E-state index in [1.54, 1.807) is 12.1 Å². The first-order valence-corrected chi connectivity index (χ1v) is 7.53. The molecule has 0 unspecified atom stereocenters. The maximum absolute atomic E-state index is 12.1. The van der Waals surface area contributed by atoms with Crippen LogP contribution in [0.1, 0.15) is 35.7 Å². The minimum Gasteiger partial charge on any atom is -0.358 e. The number of carbonyl (C=O) groups excluding carboxylic acids is 1. The first kappa shape index (κ1) is 15.9. The van der Waals surface area contributed by atoms with Crippen LogP contribution in [-0.4, -0.2) is 29.7 Å². The van der Waals surface area contributed by atoms with E-state index in [0.717, 1.165) is 30.8 Å². The Morgan fingerprint density at radius 3 is 2.68 bits per heavy atom. The lowest BCUT2D eigenvalue weighted by molar-refractivity contribution is 0.102. The van der Waals surface area contributed by atoms with Gasteiger partial charge < -0.3 is 10.2 Å². The summed E-state index contributed by atoms with van der Waals surface area (Å²) < 4.78 is 0. The summed E-state index contributed by atoms with van der Waals surface area (Å²) in [4.78, 5) is 14.2. The van der Waals surface area contributed by atoms with Crippen molar-refractivity contribution >= 4 is 17.5 Å². The van der Waals surface area contributed by atoms with Crippen LogP contribution >= 0.6 is 0 Å². The van der Waals surface area contributed by atoms with Crippen LogP contribution in [0.4, 0.5) is 11.6 Å². The highest BCUT2D eigenvalue weighted by molar-refractivity contribution is 6.03. The molecule has 1 heterocycles. The zero-order valence-corrected chi connectivity index (χ0v) is 13.3. The number of nitrogens with zero attached hydrogens (tertiary/aromatic N) is 3. The third-order valence-electron chi connectivity index (χ3n) is 3.41. The number of anilines is 2. The summed E-state index contributed by atoms with van der Waals surface area (Å²) in [5, 5.41) is 11.0. The van der Waals surface area contributed by atoms with E-state index in [1.807, 2.05) is 38.2 Å². The molecule has 1 aromatic heterocycles. The third kappa shape index (κ3) is 4.28. The Balaban J connectivity index is 2.00. The number of amides is 1. The van der Waals surface area contributed by atoms with Crippen molar-refractivity contribution in [3.63, 3.8) is 0 Å². The van der Waals surface area contributed by atoms with Gasteiger partial charge in [-0.15, -0.1) is 10.2 Å². The number of rotatable bonds is 6. The molecule has 0 aliphatic heterocycles. The molecular weight excluding hydrogens is 276 g/mol. The summed E-state index contributed by atoms with van der Waals surface area (Å²) in [5.41, 5.74) is 1.66. The van der Waals surface area contributed by atoms with Gasteiger partial charge in [0.25, 0.3) is 5.91 Å². The first-order valence-electron chi connectivity index (χ1n) is 7.53. The van der Waals surface area contributed by atoms with Crippen molar-refractivity contribution in [1.29, 1.82) is 0 Å².